The van der Waals surface area contributed by atoms with Gasteiger partial charge >= 0.3 is 0 Å². The molecule has 1 atom stereocenters. The summed E-state index contributed by atoms with van der Waals surface area (Å²) in [4.78, 5) is 24.3. The van der Waals surface area contributed by atoms with Gasteiger partial charge in [0.1, 0.15) is 17.9 Å². The SMILES string of the molecule is CCN(C(=O)c1cc(F)ccc1Oc1nncnc1N1CCC2(C1)CN([C@H](CCCCN)C(C)C)C2)C(C)C. The summed E-state index contributed by atoms with van der Waals surface area (Å²) in [6, 6.07) is 4.53. The molecule has 39 heavy (non-hydrogen) atoms. The maximum atomic E-state index is 14.2. The normalized spacial score (nSPS) is 17.6. The van der Waals surface area contributed by atoms with E-state index in [2.05, 4.69) is 38.8 Å². The number of nitrogens with zero attached hydrogens (tertiary/aromatic N) is 6. The summed E-state index contributed by atoms with van der Waals surface area (Å²) in [5.41, 5.74) is 6.10. The average Bonchev–Trinajstić information content (AvgIpc) is 3.33. The van der Waals surface area contributed by atoms with Crippen LogP contribution in [-0.2, 0) is 0 Å². The number of nitrogens with two attached hydrogens (primary N) is 1. The van der Waals surface area contributed by atoms with Crippen molar-refractivity contribution in [3.8, 4) is 11.6 Å². The Kier molecular flexibility index (Phi) is 9.38. The molecule has 1 aromatic carbocycles. The molecule has 0 radical (unpaired) electrons. The van der Waals surface area contributed by atoms with E-state index < -0.39 is 5.82 Å². The van der Waals surface area contributed by atoms with E-state index in [0.717, 1.165) is 45.6 Å². The smallest absolute Gasteiger partial charge is 0.282 e. The molecule has 2 saturated heterocycles. The third-order valence-corrected chi connectivity index (χ3v) is 8.18. The van der Waals surface area contributed by atoms with Crippen LogP contribution < -0.4 is 15.4 Å². The van der Waals surface area contributed by atoms with Crippen molar-refractivity contribution in [2.75, 3.05) is 44.2 Å². The summed E-state index contributed by atoms with van der Waals surface area (Å²) >= 11 is 0. The number of carbonyl (C=O) groups excluding carboxylic acids is 1. The van der Waals surface area contributed by atoms with Crippen molar-refractivity contribution in [2.45, 2.75) is 72.4 Å². The Hall–Kier alpha value is -2.85. The highest BCUT2D eigenvalue weighted by Crippen LogP contribution is 2.44. The highest BCUT2D eigenvalue weighted by Gasteiger charge is 2.50. The van der Waals surface area contributed by atoms with Gasteiger partial charge < -0.3 is 20.3 Å². The van der Waals surface area contributed by atoms with E-state index in [1.54, 1.807) is 4.90 Å². The highest BCUT2D eigenvalue weighted by molar-refractivity contribution is 5.97. The average molecular weight is 542 g/mol. The molecule has 1 amide bonds. The minimum absolute atomic E-state index is 0.0360. The Bertz CT molecular complexity index is 1120. The molecule has 2 aliphatic rings. The summed E-state index contributed by atoms with van der Waals surface area (Å²) in [5, 5.41) is 8.17. The third-order valence-electron chi connectivity index (χ3n) is 8.18. The van der Waals surface area contributed by atoms with Crippen molar-refractivity contribution in [1.82, 2.24) is 25.0 Å². The molecular weight excluding hydrogens is 497 g/mol. The van der Waals surface area contributed by atoms with E-state index >= 15 is 0 Å². The first-order chi connectivity index (χ1) is 18.7. The number of amides is 1. The largest absolute Gasteiger partial charge is 0.434 e. The summed E-state index contributed by atoms with van der Waals surface area (Å²) < 4.78 is 20.4. The second-order valence-corrected chi connectivity index (χ2v) is 11.7. The maximum absolute atomic E-state index is 14.2. The molecule has 4 rings (SSSR count). The van der Waals surface area contributed by atoms with Gasteiger partial charge in [0.15, 0.2) is 5.82 Å². The molecule has 2 aliphatic heterocycles. The van der Waals surface area contributed by atoms with E-state index in [4.69, 9.17) is 10.5 Å². The molecule has 0 unspecified atom stereocenters. The van der Waals surface area contributed by atoms with Crippen LogP contribution in [0.4, 0.5) is 10.2 Å². The fourth-order valence-corrected chi connectivity index (χ4v) is 6.16. The van der Waals surface area contributed by atoms with Gasteiger partial charge in [-0.3, -0.25) is 9.69 Å². The first-order valence-corrected chi connectivity index (χ1v) is 14.3. The van der Waals surface area contributed by atoms with Crippen LogP contribution in [-0.4, -0.2) is 82.2 Å². The van der Waals surface area contributed by atoms with Gasteiger partial charge in [0.05, 0.1) is 5.56 Å². The molecule has 10 heteroatoms. The number of hydrogen-bond acceptors (Lipinski definition) is 8. The number of halogens is 1. The van der Waals surface area contributed by atoms with Gasteiger partial charge in [-0.25, -0.2) is 9.37 Å². The number of anilines is 1. The quantitative estimate of drug-likeness (QED) is 0.396. The number of benzene rings is 1. The summed E-state index contributed by atoms with van der Waals surface area (Å²) in [6.07, 6.45) is 5.92. The second-order valence-electron chi connectivity index (χ2n) is 11.7. The molecule has 1 aromatic heterocycles. The maximum Gasteiger partial charge on any atom is 0.282 e. The van der Waals surface area contributed by atoms with Crippen molar-refractivity contribution in [3.63, 3.8) is 0 Å². The van der Waals surface area contributed by atoms with Crippen LogP contribution in [0.5, 0.6) is 11.6 Å². The second kappa shape index (κ2) is 12.6. The van der Waals surface area contributed by atoms with Gasteiger partial charge in [0.25, 0.3) is 11.8 Å². The standard InChI is InChI=1S/C29H44FN7O2/c1-6-37(21(4)5)28(38)23-15-22(30)10-11-25(23)39-27-26(32-19-33-34-27)35-14-12-29(16-35)17-36(18-29)24(20(2)3)9-7-8-13-31/h10-11,15,19-21,24H,6-9,12-14,16-18,31H2,1-5H3/t24-/m1/s1. The molecule has 0 saturated carbocycles. The number of likely N-dealkylation sites (tertiary alicyclic amines) is 1. The van der Waals surface area contributed by atoms with Gasteiger partial charge in [0, 0.05) is 50.2 Å². The number of hydrogen-bond donors (Lipinski definition) is 1. The fourth-order valence-electron chi connectivity index (χ4n) is 6.16. The molecule has 2 N–H and O–H groups in total. The topological polar surface area (TPSA) is 101 Å². The lowest BCUT2D eigenvalue weighted by molar-refractivity contribution is -0.0340. The molecular formula is C29H44FN7O2. The van der Waals surface area contributed by atoms with Crippen LogP contribution in [0.15, 0.2) is 24.5 Å². The first kappa shape index (κ1) is 29.1. The minimum atomic E-state index is -0.498. The Balaban J connectivity index is 1.49. The molecule has 3 heterocycles. The zero-order chi connectivity index (χ0) is 28.2. The third kappa shape index (κ3) is 6.49. The van der Waals surface area contributed by atoms with E-state index in [-0.39, 0.29) is 34.6 Å². The van der Waals surface area contributed by atoms with Crippen molar-refractivity contribution in [2.24, 2.45) is 17.1 Å². The van der Waals surface area contributed by atoms with Crippen LogP contribution in [0.1, 0.15) is 70.7 Å². The fraction of sp³-hybridized carbons (Fsp3) is 0.655. The molecule has 0 aliphatic carbocycles. The molecule has 214 valence electrons. The van der Waals surface area contributed by atoms with E-state index in [1.165, 1.54) is 37.4 Å². The Morgan fingerprint density at radius 1 is 1.21 bits per heavy atom. The lowest BCUT2D eigenvalue weighted by Gasteiger charge is -2.53. The van der Waals surface area contributed by atoms with Crippen molar-refractivity contribution < 1.29 is 13.9 Å². The summed E-state index contributed by atoms with van der Waals surface area (Å²) in [6.45, 7) is 15.5. The zero-order valence-electron chi connectivity index (χ0n) is 24.1. The Morgan fingerprint density at radius 2 is 1.97 bits per heavy atom. The van der Waals surface area contributed by atoms with Gasteiger partial charge in [0.2, 0.25) is 0 Å². The van der Waals surface area contributed by atoms with Gasteiger partial charge in [-0.05, 0) is 70.7 Å². The molecule has 2 fully saturated rings. The van der Waals surface area contributed by atoms with Gasteiger partial charge in [-0.2, -0.15) is 0 Å². The Morgan fingerprint density at radius 3 is 2.64 bits per heavy atom. The Labute approximate surface area is 231 Å². The van der Waals surface area contributed by atoms with Crippen LogP contribution in [0.25, 0.3) is 0 Å². The van der Waals surface area contributed by atoms with E-state index in [0.29, 0.717) is 24.3 Å². The molecule has 2 aromatic rings. The number of unbranched alkanes of at least 4 members (excludes halogenated alkanes) is 1. The number of carbonyl (C=O) groups is 1. The monoisotopic (exact) mass is 541 g/mol. The van der Waals surface area contributed by atoms with Crippen molar-refractivity contribution in [3.05, 3.63) is 35.9 Å². The predicted molar refractivity (Wildman–Crippen MR) is 151 cm³/mol. The van der Waals surface area contributed by atoms with Crippen LogP contribution in [0, 0.1) is 17.2 Å². The zero-order valence-corrected chi connectivity index (χ0v) is 24.1. The highest BCUT2D eigenvalue weighted by atomic mass is 19.1. The molecule has 9 nitrogen and oxygen atoms in total. The summed E-state index contributed by atoms with van der Waals surface area (Å²) in [5.74, 6) is 0.882. The van der Waals surface area contributed by atoms with Crippen molar-refractivity contribution in [1.29, 1.82) is 0 Å². The lowest BCUT2D eigenvalue weighted by atomic mass is 9.76. The number of ether oxygens (including phenoxy) is 1. The van der Waals surface area contributed by atoms with Crippen LogP contribution >= 0.6 is 0 Å². The molecule has 0 bridgehead atoms. The van der Waals surface area contributed by atoms with E-state index in [1.807, 2.05) is 20.8 Å². The molecule has 1 spiro atoms. The van der Waals surface area contributed by atoms with Gasteiger partial charge in [-0.15, -0.1) is 10.2 Å². The van der Waals surface area contributed by atoms with Crippen LogP contribution in [0.3, 0.4) is 0 Å². The number of rotatable bonds is 12. The lowest BCUT2D eigenvalue weighted by Crippen LogP contribution is -2.61. The first-order valence-electron chi connectivity index (χ1n) is 14.3. The minimum Gasteiger partial charge on any atom is -0.434 e. The van der Waals surface area contributed by atoms with Crippen molar-refractivity contribution >= 4 is 11.7 Å². The van der Waals surface area contributed by atoms with E-state index in [9.17, 15) is 9.18 Å². The van der Waals surface area contributed by atoms with Gasteiger partial charge in [-0.1, -0.05) is 20.3 Å². The van der Waals surface area contributed by atoms with Crippen LogP contribution in [0.2, 0.25) is 0 Å². The summed E-state index contributed by atoms with van der Waals surface area (Å²) in [7, 11) is 0. The number of aromatic nitrogens is 3. The predicted octanol–water partition coefficient (Wildman–Crippen LogP) is 4.34.